The minimum absolute atomic E-state index is 0.711. The van der Waals surface area contributed by atoms with E-state index in [2.05, 4.69) is 36.3 Å². The summed E-state index contributed by atoms with van der Waals surface area (Å²) in [6, 6.07) is 12.0. The van der Waals surface area contributed by atoms with Crippen molar-refractivity contribution in [1.29, 1.82) is 0 Å². The highest BCUT2D eigenvalue weighted by Gasteiger charge is 1.97. The van der Waals surface area contributed by atoms with Crippen molar-refractivity contribution in [3.63, 3.8) is 0 Å². The van der Waals surface area contributed by atoms with E-state index in [9.17, 15) is 0 Å². The van der Waals surface area contributed by atoms with Gasteiger partial charge in [0, 0.05) is 12.7 Å². The predicted octanol–water partition coefficient (Wildman–Crippen LogP) is 3.58. The topological polar surface area (TPSA) is 34.1 Å². The standard InChI is InChI=1S/C16H20N2O/c1-13-7-8-15(12-14(13)2)19-11-5-10-18-16-6-3-4-9-17-16/h3-4,6-9,12H,5,10-11H2,1-2H3,(H,17,18). The van der Waals surface area contributed by atoms with Gasteiger partial charge in [0.25, 0.3) is 0 Å². The second-order valence-electron chi connectivity index (χ2n) is 4.59. The molecule has 0 unspecified atom stereocenters. The first-order chi connectivity index (χ1) is 9.25. The van der Waals surface area contributed by atoms with Gasteiger partial charge in [-0.15, -0.1) is 0 Å². The molecular formula is C16H20N2O. The highest BCUT2D eigenvalue weighted by atomic mass is 16.5. The average Bonchev–Trinajstić information content (AvgIpc) is 2.43. The lowest BCUT2D eigenvalue weighted by atomic mass is 10.1. The zero-order valence-electron chi connectivity index (χ0n) is 11.5. The van der Waals surface area contributed by atoms with Crippen LogP contribution < -0.4 is 10.1 Å². The van der Waals surface area contributed by atoms with Gasteiger partial charge in [0.1, 0.15) is 11.6 Å². The number of pyridine rings is 1. The van der Waals surface area contributed by atoms with Gasteiger partial charge in [-0.3, -0.25) is 0 Å². The highest BCUT2D eigenvalue weighted by molar-refractivity contribution is 5.34. The Morgan fingerprint density at radius 3 is 2.74 bits per heavy atom. The number of rotatable bonds is 6. The Morgan fingerprint density at radius 1 is 1.11 bits per heavy atom. The summed E-state index contributed by atoms with van der Waals surface area (Å²) >= 11 is 0. The van der Waals surface area contributed by atoms with E-state index in [0.717, 1.165) is 24.5 Å². The molecule has 0 spiro atoms. The van der Waals surface area contributed by atoms with E-state index >= 15 is 0 Å². The SMILES string of the molecule is Cc1ccc(OCCCNc2ccccn2)cc1C. The Labute approximate surface area is 114 Å². The number of hydrogen-bond donors (Lipinski definition) is 1. The molecular weight excluding hydrogens is 236 g/mol. The molecule has 0 aliphatic rings. The van der Waals surface area contributed by atoms with Crippen molar-refractivity contribution in [1.82, 2.24) is 4.98 Å². The number of aryl methyl sites for hydroxylation is 2. The van der Waals surface area contributed by atoms with E-state index in [1.165, 1.54) is 11.1 Å². The zero-order valence-corrected chi connectivity index (χ0v) is 11.5. The summed E-state index contributed by atoms with van der Waals surface area (Å²) < 4.78 is 5.72. The Bertz CT molecular complexity index is 511. The first-order valence-electron chi connectivity index (χ1n) is 6.60. The summed E-state index contributed by atoms with van der Waals surface area (Å²) in [5, 5.41) is 3.26. The molecule has 0 fully saturated rings. The van der Waals surface area contributed by atoms with Crippen LogP contribution in [0.3, 0.4) is 0 Å². The number of aromatic nitrogens is 1. The lowest BCUT2D eigenvalue weighted by molar-refractivity contribution is 0.314. The Balaban J connectivity index is 1.68. The molecule has 1 aromatic carbocycles. The van der Waals surface area contributed by atoms with Crippen molar-refractivity contribution in [2.24, 2.45) is 0 Å². The third-order valence-electron chi connectivity index (χ3n) is 3.04. The lowest BCUT2D eigenvalue weighted by Gasteiger charge is -2.09. The third kappa shape index (κ3) is 4.28. The molecule has 0 atom stereocenters. The number of hydrogen-bond acceptors (Lipinski definition) is 3. The normalized spacial score (nSPS) is 10.2. The first-order valence-corrected chi connectivity index (χ1v) is 6.60. The van der Waals surface area contributed by atoms with Crippen molar-refractivity contribution in [3.8, 4) is 5.75 Å². The predicted molar refractivity (Wildman–Crippen MR) is 78.8 cm³/mol. The number of benzene rings is 1. The zero-order chi connectivity index (χ0) is 13.5. The van der Waals surface area contributed by atoms with E-state index in [4.69, 9.17) is 4.74 Å². The fourth-order valence-electron chi connectivity index (χ4n) is 1.75. The fraction of sp³-hybridized carbons (Fsp3) is 0.312. The van der Waals surface area contributed by atoms with Gasteiger partial charge >= 0.3 is 0 Å². The highest BCUT2D eigenvalue weighted by Crippen LogP contribution is 2.16. The third-order valence-corrected chi connectivity index (χ3v) is 3.04. The van der Waals surface area contributed by atoms with Crippen molar-refractivity contribution < 1.29 is 4.74 Å². The smallest absolute Gasteiger partial charge is 0.125 e. The molecule has 1 heterocycles. The van der Waals surface area contributed by atoms with Crippen molar-refractivity contribution in [2.45, 2.75) is 20.3 Å². The summed E-state index contributed by atoms with van der Waals surface area (Å²) in [4.78, 5) is 4.20. The average molecular weight is 256 g/mol. The maximum atomic E-state index is 5.72. The molecule has 0 saturated carbocycles. The summed E-state index contributed by atoms with van der Waals surface area (Å²) in [7, 11) is 0. The van der Waals surface area contributed by atoms with Gasteiger partial charge in [0.05, 0.1) is 6.61 Å². The fourth-order valence-corrected chi connectivity index (χ4v) is 1.75. The number of anilines is 1. The van der Waals surface area contributed by atoms with Gasteiger partial charge in [-0.1, -0.05) is 12.1 Å². The molecule has 1 aromatic heterocycles. The number of nitrogens with zero attached hydrogens (tertiary/aromatic N) is 1. The van der Waals surface area contributed by atoms with Crippen LogP contribution in [-0.2, 0) is 0 Å². The molecule has 100 valence electrons. The Kier molecular flexibility index (Phi) is 4.78. The molecule has 0 aliphatic carbocycles. The van der Waals surface area contributed by atoms with Crippen LogP contribution in [0.2, 0.25) is 0 Å². The second-order valence-corrected chi connectivity index (χ2v) is 4.59. The van der Waals surface area contributed by atoms with Crippen molar-refractivity contribution in [3.05, 3.63) is 53.7 Å². The Morgan fingerprint density at radius 2 is 2.00 bits per heavy atom. The maximum Gasteiger partial charge on any atom is 0.125 e. The molecule has 19 heavy (non-hydrogen) atoms. The minimum atomic E-state index is 0.711. The van der Waals surface area contributed by atoms with Gasteiger partial charge in [-0.25, -0.2) is 4.98 Å². The summed E-state index contributed by atoms with van der Waals surface area (Å²) in [6.07, 6.45) is 2.73. The van der Waals surface area contributed by atoms with Gasteiger partial charge in [0.15, 0.2) is 0 Å². The van der Waals surface area contributed by atoms with Crippen LogP contribution in [0.1, 0.15) is 17.5 Å². The number of ether oxygens (including phenoxy) is 1. The molecule has 0 aliphatic heterocycles. The van der Waals surface area contributed by atoms with Crippen LogP contribution in [0.4, 0.5) is 5.82 Å². The molecule has 3 heteroatoms. The van der Waals surface area contributed by atoms with E-state index in [1.54, 1.807) is 6.20 Å². The minimum Gasteiger partial charge on any atom is -0.494 e. The van der Waals surface area contributed by atoms with Crippen LogP contribution in [-0.4, -0.2) is 18.1 Å². The van der Waals surface area contributed by atoms with E-state index in [-0.39, 0.29) is 0 Å². The Hall–Kier alpha value is -2.03. The monoisotopic (exact) mass is 256 g/mol. The van der Waals surface area contributed by atoms with Gasteiger partial charge in [-0.2, -0.15) is 0 Å². The van der Waals surface area contributed by atoms with Gasteiger partial charge in [0.2, 0.25) is 0 Å². The van der Waals surface area contributed by atoms with Gasteiger partial charge < -0.3 is 10.1 Å². The van der Waals surface area contributed by atoms with E-state index < -0.39 is 0 Å². The molecule has 0 radical (unpaired) electrons. The van der Waals surface area contributed by atoms with E-state index in [0.29, 0.717) is 6.61 Å². The molecule has 2 rings (SSSR count). The van der Waals surface area contributed by atoms with E-state index in [1.807, 2.05) is 24.3 Å². The lowest BCUT2D eigenvalue weighted by Crippen LogP contribution is -2.08. The molecule has 2 aromatic rings. The first kappa shape index (κ1) is 13.4. The van der Waals surface area contributed by atoms with Crippen LogP contribution in [0, 0.1) is 13.8 Å². The molecule has 0 amide bonds. The summed E-state index contributed by atoms with van der Waals surface area (Å²) in [5.41, 5.74) is 2.56. The molecule has 0 saturated heterocycles. The van der Waals surface area contributed by atoms with Crippen LogP contribution in [0.5, 0.6) is 5.75 Å². The van der Waals surface area contributed by atoms with Crippen molar-refractivity contribution >= 4 is 5.82 Å². The maximum absolute atomic E-state index is 5.72. The largest absolute Gasteiger partial charge is 0.494 e. The van der Waals surface area contributed by atoms with Gasteiger partial charge in [-0.05, 0) is 55.7 Å². The van der Waals surface area contributed by atoms with Crippen LogP contribution >= 0.6 is 0 Å². The van der Waals surface area contributed by atoms with Crippen molar-refractivity contribution in [2.75, 3.05) is 18.5 Å². The molecule has 1 N–H and O–H groups in total. The summed E-state index contributed by atoms with van der Waals surface area (Å²) in [5.74, 6) is 1.86. The second kappa shape index (κ2) is 6.78. The molecule has 3 nitrogen and oxygen atoms in total. The van der Waals surface area contributed by atoms with Crippen LogP contribution in [0.25, 0.3) is 0 Å². The summed E-state index contributed by atoms with van der Waals surface area (Å²) in [6.45, 7) is 5.78. The molecule has 0 bridgehead atoms. The number of nitrogens with one attached hydrogen (secondary N) is 1. The quantitative estimate of drug-likeness (QED) is 0.802. The van der Waals surface area contributed by atoms with Crippen LogP contribution in [0.15, 0.2) is 42.6 Å².